The van der Waals surface area contributed by atoms with Gasteiger partial charge in [-0.05, 0) is 17.2 Å². The quantitative estimate of drug-likeness (QED) is 0.630. The number of hydrogen-bond donors (Lipinski definition) is 1. The number of alkyl halides is 3. The van der Waals surface area contributed by atoms with Gasteiger partial charge in [0.2, 0.25) is 5.88 Å². The summed E-state index contributed by atoms with van der Waals surface area (Å²) in [5.74, 6) is 0.599. The number of halogens is 3. The van der Waals surface area contributed by atoms with Crippen LogP contribution < -0.4 is 10.1 Å². The number of pyridine rings is 1. The third-order valence-corrected chi connectivity index (χ3v) is 3.31. The van der Waals surface area contributed by atoms with E-state index in [0.29, 0.717) is 24.6 Å². The van der Waals surface area contributed by atoms with Crippen molar-refractivity contribution in [2.75, 3.05) is 20.7 Å². The summed E-state index contributed by atoms with van der Waals surface area (Å²) in [6, 6.07) is 13.0. The molecule has 1 aromatic heterocycles. The van der Waals surface area contributed by atoms with Crippen molar-refractivity contribution in [1.29, 1.82) is 0 Å². The number of rotatable bonds is 6. The molecule has 140 valence electrons. The van der Waals surface area contributed by atoms with Gasteiger partial charge in [-0.15, -0.1) is 0 Å². The average Bonchev–Trinajstić information content (AvgIpc) is 2.60. The van der Waals surface area contributed by atoms with E-state index in [2.05, 4.69) is 20.0 Å². The molecule has 26 heavy (non-hydrogen) atoms. The SMILES string of the molecule is CN(C)C(=NCc1ccnc(OCC(F)(F)F)c1)NCc1ccccc1. The van der Waals surface area contributed by atoms with Crippen molar-refractivity contribution in [2.45, 2.75) is 19.3 Å². The van der Waals surface area contributed by atoms with Gasteiger partial charge < -0.3 is 15.0 Å². The lowest BCUT2D eigenvalue weighted by molar-refractivity contribution is -0.154. The minimum atomic E-state index is -4.39. The number of guanidine groups is 1. The Morgan fingerprint density at radius 1 is 1.15 bits per heavy atom. The zero-order valence-electron chi connectivity index (χ0n) is 14.6. The van der Waals surface area contributed by atoms with Crippen LogP contribution in [0.1, 0.15) is 11.1 Å². The van der Waals surface area contributed by atoms with Crippen molar-refractivity contribution < 1.29 is 17.9 Å². The molecule has 0 aliphatic rings. The first kappa shape index (κ1) is 19.6. The second-order valence-corrected chi connectivity index (χ2v) is 5.78. The van der Waals surface area contributed by atoms with Crippen LogP contribution in [0.15, 0.2) is 53.7 Å². The summed E-state index contributed by atoms with van der Waals surface area (Å²) in [4.78, 5) is 10.1. The Labute approximate surface area is 150 Å². The molecule has 0 saturated carbocycles. The van der Waals surface area contributed by atoms with E-state index in [-0.39, 0.29) is 5.88 Å². The number of aromatic nitrogens is 1. The van der Waals surface area contributed by atoms with Gasteiger partial charge in [-0.2, -0.15) is 13.2 Å². The minimum absolute atomic E-state index is 0.0707. The van der Waals surface area contributed by atoms with Crippen molar-refractivity contribution in [1.82, 2.24) is 15.2 Å². The molecule has 0 saturated heterocycles. The van der Waals surface area contributed by atoms with Gasteiger partial charge in [-0.3, -0.25) is 0 Å². The molecule has 0 radical (unpaired) electrons. The van der Waals surface area contributed by atoms with Gasteiger partial charge >= 0.3 is 6.18 Å². The maximum absolute atomic E-state index is 12.2. The summed E-state index contributed by atoms with van der Waals surface area (Å²) in [7, 11) is 3.72. The summed E-state index contributed by atoms with van der Waals surface area (Å²) in [6.45, 7) is -0.456. The highest BCUT2D eigenvalue weighted by molar-refractivity contribution is 5.79. The first-order valence-corrected chi connectivity index (χ1v) is 7.97. The largest absolute Gasteiger partial charge is 0.468 e. The lowest BCUT2D eigenvalue weighted by atomic mass is 10.2. The number of hydrogen-bond acceptors (Lipinski definition) is 3. The maximum Gasteiger partial charge on any atom is 0.422 e. The van der Waals surface area contributed by atoms with Crippen LogP contribution in [0.2, 0.25) is 0 Å². The topological polar surface area (TPSA) is 49.8 Å². The molecule has 0 spiro atoms. The minimum Gasteiger partial charge on any atom is -0.468 e. The first-order chi connectivity index (χ1) is 12.3. The molecule has 0 amide bonds. The van der Waals surface area contributed by atoms with Gasteiger partial charge in [0.15, 0.2) is 12.6 Å². The van der Waals surface area contributed by atoms with Crippen molar-refractivity contribution in [3.8, 4) is 5.88 Å². The first-order valence-electron chi connectivity index (χ1n) is 7.97. The third-order valence-electron chi connectivity index (χ3n) is 3.31. The summed E-state index contributed by atoms with van der Waals surface area (Å²) in [5, 5.41) is 3.25. The van der Waals surface area contributed by atoms with E-state index in [0.717, 1.165) is 5.56 Å². The summed E-state index contributed by atoms with van der Waals surface area (Å²) in [6.07, 6.45) is -2.99. The van der Waals surface area contributed by atoms with Crippen LogP contribution >= 0.6 is 0 Å². The molecule has 1 aromatic carbocycles. The van der Waals surface area contributed by atoms with Crippen molar-refractivity contribution in [2.24, 2.45) is 4.99 Å². The highest BCUT2D eigenvalue weighted by Crippen LogP contribution is 2.17. The fraction of sp³-hybridized carbons (Fsp3) is 0.333. The number of benzene rings is 1. The molecule has 1 N–H and O–H groups in total. The van der Waals surface area contributed by atoms with Gasteiger partial charge in [0.1, 0.15) is 0 Å². The summed E-state index contributed by atoms with van der Waals surface area (Å²) >= 11 is 0. The fourth-order valence-electron chi connectivity index (χ4n) is 2.08. The van der Waals surface area contributed by atoms with Crippen molar-refractivity contribution in [3.05, 3.63) is 59.8 Å². The molecule has 0 aliphatic carbocycles. The van der Waals surface area contributed by atoms with Crippen LogP contribution in [0.25, 0.3) is 0 Å². The molecule has 5 nitrogen and oxygen atoms in total. The zero-order chi connectivity index (χ0) is 19.0. The number of ether oxygens (including phenoxy) is 1. The number of aliphatic imine (C=N–C) groups is 1. The predicted octanol–water partition coefficient (Wildman–Crippen LogP) is 3.23. The molecule has 2 aromatic rings. The molecule has 8 heteroatoms. The molecule has 0 aliphatic heterocycles. The third kappa shape index (κ3) is 7.00. The lowest BCUT2D eigenvalue weighted by Gasteiger charge is -2.18. The fourth-order valence-corrected chi connectivity index (χ4v) is 2.08. The number of nitrogens with one attached hydrogen (secondary N) is 1. The van der Waals surface area contributed by atoms with Crippen LogP contribution in [-0.2, 0) is 13.1 Å². The van der Waals surface area contributed by atoms with Gasteiger partial charge in [-0.1, -0.05) is 30.3 Å². The van der Waals surface area contributed by atoms with Crippen LogP contribution in [-0.4, -0.2) is 42.7 Å². The number of nitrogens with zero attached hydrogens (tertiary/aromatic N) is 3. The normalized spacial score (nSPS) is 12.0. The van der Waals surface area contributed by atoms with Crippen molar-refractivity contribution in [3.63, 3.8) is 0 Å². The molecular formula is C18H21F3N4O. The molecule has 2 rings (SSSR count). The highest BCUT2D eigenvalue weighted by atomic mass is 19.4. The molecule has 1 heterocycles. The van der Waals surface area contributed by atoms with Crippen molar-refractivity contribution >= 4 is 5.96 Å². The summed E-state index contributed by atoms with van der Waals surface area (Å²) in [5.41, 5.74) is 1.83. The molecular weight excluding hydrogens is 345 g/mol. The molecule has 0 atom stereocenters. The highest BCUT2D eigenvalue weighted by Gasteiger charge is 2.28. The van der Waals surface area contributed by atoms with E-state index in [1.165, 1.54) is 12.3 Å². The van der Waals surface area contributed by atoms with Crippen LogP contribution in [0, 0.1) is 0 Å². The second-order valence-electron chi connectivity index (χ2n) is 5.78. The lowest BCUT2D eigenvalue weighted by Crippen LogP contribution is -2.36. The Hall–Kier alpha value is -2.77. The Balaban J connectivity index is 1.98. The van der Waals surface area contributed by atoms with Gasteiger partial charge in [0.25, 0.3) is 0 Å². The van der Waals surface area contributed by atoms with Gasteiger partial charge in [0.05, 0.1) is 6.54 Å². The van der Waals surface area contributed by atoms with Crippen LogP contribution in [0.3, 0.4) is 0 Å². The van der Waals surface area contributed by atoms with E-state index < -0.39 is 12.8 Å². The predicted molar refractivity (Wildman–Crippen MR) is 93.9 cm³/mol. The Bertz CT molecular complexity index is 718. The average molecular weight is 366 g/mol. The van der Waals surface area contributed by atoms with E-state index in [4.69, 9.17) is 0 Å². The van der Waals surface area contributed by atoms with E-state index in [9.17, 15) is 13.2 Å². The van der Waals surface area contributed by atoms with Crippen LogP contribution in [0.4, 0.5) is 13.2 Å². The van der Waals surface area contributed by atoms with E-state index >= 15 is 0 Å². The zero-order valence-corrected chi connectivity index (χ0v) is 14.6. The Morgan fingerprint density at radius 2 is 1.88 bits per heavy atom. The standard InChI is InChI=1S/C18H21F3N4O/c1-25(2)17(23-11-14-6-4-3-5-7-14)24-12-15-8-9-22-16(10-15)26-13-18(19,20)21/h3-10H,11-13H2,1-2H3,(H,23,24). The summed E-state index contributed by atoms with van der Waals surface area (Å²) < 4.78 is 41.3. The molecule has 0 unspecified atom stereocenters. The van der Waals surface area contributed by atoms with E-state index in [1.54, 1.807) is 6.07 Å². The van der Waals surface area contributed by atoms with Gasteiger partial charge in [0, 0.05) is 32.9 Å². The maximum atomic E-state index is 12.2. The molecule has 0 fully saturated rings. The monoisotopic (exact) mass is 366 g/mol. The molecule has 0 bridgehead atoms. The van der Waals surface area contributed by atoms with Crippen LogP contribution in [0.5, 0.6) is 5.88 Å². The second kappa shape index (κ2) is 9.07. The van der Waals surface area contributed by atoms with Gasteiger partial charge in [-0.25, -0.2) is 9.98 Å². The Morgan fingerprint density at radius 3 is 2.54 bits per heavy atom. The van der Waals surface area contributed by atoms with E-state index in [1.807, 2.05) is 49.3 Å². The Kier molecular flexibility index (Phi) is 6.82. The smallest absolute Gasteiger partial charge is 0.422 e.